The largest absolute Gasteiger partial charge is 0.459 e. The normalized spacial score (nSPS) is 13.0. The Morgan fingerprint density at radius 2 is 1.68 bits per heavy atom. The second-order valence-corrected chi connectivity index (χ2v) is 7.51. The lowest BCUT2D eigenvalue weighted by molar-refractivity contribution is -0.123. The number of carbonyl (C=O) groups is 2. The molecular formula is C25H24N2O4. The first kappa shape index (κ1) is 20.5. The molecular weight excluding hydrogens is 392 g/mol. The van der Waals surface area contributed by atoms with Gasteiger partial charge in [0, 0.05) is 17.4 Å². The summed E-state index contributed by atoms with van der Waals surface area (Å²) in [6.07, 6.45) is 1.78. The molecule has 2 heterocycles. The van der Waals surface area contributed by atoms with Crippen LogP contribution in [0.25, 0.3) is 11.0 Å². The number of hydrogen-bond donors (Lipinski definition) is 2. The first-order chi connectivity index (χ1) is 15.0. The molecule has 2 atom stereocenters. The molecule has 0 spiro atoms. The lowest BCUT2D eigenvalue weighted by Gasteiger charge is -2.21. The molecule has 2 aromatic carbocycles. The zero-order valence-electron chi connectivity index (χ0n) is 17.4. The third-order valence-corrected chi connectivity index (χ3v) is 5.28. The van der Waals surface area contributed by atoms with Crippen LogP contribution in [0, 0.1) is 6.92 Å². The summed E-state index contributed by atoms with van der Waals surface area (Å²) in [5, 5.41) is 6.80. The number of fused-ring (bicyclic) bond motifs is 1. The van der Waals surface area contributed by atoms with Crippen molar-refractivity contribution in [2.24, 2.45) is 0 Å². The van der Waals surface area contributed by atoms with Crippen LogP contribution < -0.4 is 10.6 Å². The minimum atomic E-state index is -0.771. The van der Waals surface area contributed by atoms with Crippen molar-refractivity contribution in [2.45, 2.75) is 32.4 Å². The monoisotopic (exact) mass is 416 g/mol. The number of hydrogen-bond acceptors (Lipinski definition) is 4. The Kier molecular flexibility index (Phi) is 5.89. The summed E-state index contributed by atoms with van der Waals surface area (Å²) in [4.78, 5) is 25.7. The molecule has 0 radical (unpaired) electrons. The number of furan rings is 2. The van der Waals surface area contributed by atoms with Crippen LogP contribution in [0.2, 0.25) is 0 Å². The second-order valence-electron chi connectivity index (χ2n) is 7.51. The van der Waals surface area contributed by atoms with Gasteiger partial charge in [-0.2, -0.15) is 0 Å². The van der Waals surface area contributed by atoms with Crippen molar-refractivity contribution in [1.82, 2.24) is 10.6 Å². The number of rotatable bonds is 7. The van der Waals surface area contributed by atoms with Gasteiger partial charge in [0.2, 0.25) is 5.91 Å². The first-order valence-electron chi connectivity index (χ1n) is 10.2. The first-order valence-corrected chi connectivity index (χ1v) is 10.2. The topological polar surface area (TPSA) is 84.5 Å². The summed E-state index contributed by atoms with van der Waals surface area (Å²) < 4.78 is 11.1. The van der Waals surface area contributed by atoms with E-state index in [1.165, 1.54) is 6.26 Å². The molecule has 31 heavy (non-hydrogen) atoms. The van der Waals surface area contributed by atoms with Crippen molar-refractivity contribution in [2.75, 3.05) is 0 Å². The molecule has 4 rings (SSSR count). The van der Waals surface area contributed by atoms with Crippen LogP contribution in [-0.4, -0.2) is 17.9 Å². The van der Waals surface area contributed by atoms with E-state index in [-0.39, 0.29) is 17.7 Å². The lowest BCUT2D eigenvalue weighted by Crippen LogP contribution is -2.48. The Bertz CT molecular complexity index is 1180. The quantitative estimate of drug-likeness (QED) is 0.463. The number of nitrogens with one attached hydrogen (secondary N) is 2. The van der Waals surface area contributed by atoms with Gasteiger partial charge in [-0.3, -0.25) is 9.59 Å². The molecule has 4 aromatic rings. The Labute approximate surface area is 180 Å². The number of para-hydroxylation sites is 1. The molecule has 0 aliphatic carbocycles. The average Bonchev–Trinajstić information content (AvgIpc) is 3.43. The van der Waals surface area contributed by atoms with E-state index in [0.717, 1.165) is 22.1 Å². The fraction of sp³-hybridized carbons (Fsp3) is 0.200. The van der Waals surface area contributed by atoms with E-state index in [9.17, 15) is 9.59 Å². The third-order valence-electron chi connectivity index (χ3n) is 5.28. The zero-order valence-corrected chi connectivity index (χ0v) is 17.4. The van der Waals surface area contributed by atoms with Crippen molar-refractivity contribution >= 4 is 22.8 Å². The predicted molar refractivity (Wildman–Crippen MR) is 118 cm³/mol. The molecule has 2 N–H and O–H groups in total. The van der Waals surface area contributed by atoms with Gasteiger partial charge < -0.3 is 19.5 Å². The molecule has 0 aliphatic heterocycles. The van der Waals surface area contributed by atoms with Crippen LogP contribution in [0.15, 0.2) is 81.8 Å². The van der Waals surface area contributed by atoms with Crippen molar-refractivity contribution in [1.29, 1.82) is 0 Å². The summed E-state index contributed by atoms with van der Waals surface area (Å²) >= 11 is 0. The molecule has 0 saturated heterocycles. The van der Waals surface area contributed by atoms with E-state index >= 15 is 0 Å². The zero-order chi connectivity index (χ0) is 21.8. The van der Waals surface area contributed by atoms with Gasteiger partial charge in [-0.15, -0.1) is 0 Å². The van der Waals surface area contributed by atoms with Gasteiger partial charge in [-0.25, -0.2) is 0 Å². The van der Waals surface area contributed by atoms with Crippen LogP contribution in [0.5, 0.6) is 0 Å². The van der Waals surface area contributed by atoms with Crippen molar-refractivity contribution < 1.29 is 18.4 Å². The minimum absolute atomic E-state index is 0.159. The summed E-state index contributed by atoms with van der Waals surface area (Å²) in [5.74, 6) is 0.127. The van der Waals surface area contributed by atoms with Gasteiger partial charge in [0.15, 0.2) is 5.76 Å². The van der Waals surface area contributed by atoms with Crippen LogP contribution in [0.3, 0.4) is 0 Å². The Balaban J connectivity index is 1.53. The second kappa shape index (κ2) is 8.92. The highest BCUT2D eigenvalue weighted by Gasteiger charge is 2.26. The SMILES string of the molecule is Cc1c(C(C)NC(=O)C(Cc2ccccc2)NC(=O)c2ccco2)oc2ccccc12. The summed E-state index contributed by atoms with van der Waals surface area (Å²) in [7, 11) is 0. The fourth-order valence-corrected chi connectivity index (χ4v) is 3.68. The van der Waals surface area contributed by atoms with E-state index in [4.69, 9.17) is 8.83 Å². The van der Waals surface area contributed by atoms with E-state index < -0.39 is 11.9 Å². The maximum absolute atomic E-state index is 13.2. The number of aryl methyl sites for hydroxylation is 1. The standard InChI is InChI=1S/C25H24N2O4/c1-16-19-11-6-7-12-21(19)31-23(16)17(2)26-24(28)20(15-18-9-4-3-5-10-18)27-25(29)22-13-8-14-30-22/h3-14,17,20H,15H2,1-2H3,(H,26,28)(H,27,29). The van der Waals surface area contributed by atoms with Crippen LogP contribution in [0.4, 0.5) is 0 Å². The lowest BCUT2D eigenvalue weighted by atomic mass is 10.0. The number of amides is 2. The Hall–Kier alpha value is -3.80. The maximum Gasteiger partial charge on any atom is 0.287 e. The van der Waals surface area contributed by atoms with Crippen LogP contribution in [0.1, 0.15) is 40.4 Å². The Morgan fingerprint density at radius 1 is 0.935 bits per heavy atom. The van der Waals surface area contributed by atoms with Crippen LogP contribution in [-0.2, 0) is 11.2 Å². The van der Waals surface area contributed by atoms with Gasteiger partial charge in [0.1, 0.15) is 17.4 Å². The minimum Gasteiger partial charge on any atom is -0.459 e. The molecule has 158 valence electrons. The highest BCUT2D eigenvalue weighted by atomic mass is 16.3. The molecule has 2 unspecified atom stereocenters. The predicted octanol–water partition coefficient (Wildman–Crippen LogP) is 4.55. The van der Waals surface area contributed by atoms with Gasteiger partial charge in [-0.1, -0.05) is 48.5 Å². The van der Waals surface area contributed by atoms with E-state index in [1.807, 2.05) is 68.4 Å². The highest BCUT2D eigenvalue weighted by molar-refractivity contribution is 5.95. The summed E-state index contributed by atoms with van der Waals surface area (Å²) in [5.41, 5.74) is 2.71. The van der Waals surface area contributed by atoms with Gasteiger partial charge in [0.05, 0.1) is 12.3 Å². The molecule has 2 aromatic heterocycles. The van der Waals surface area contributed by atoms with E-state index in [1.54, 1.807) is 12.1 Å². The molecule has 0 saturated carbocycles. The molecule has 0 fully saturated rings. The molecule has 6 nitrogen and oxygen atoms in total. The van der Waals surface area contributed by atoms with Gasteiger partial charge in [-0.05, 0) is 37.6 Å². The Morgan fingerprint density at radius 3 is 2.39 bits per heavy atom. The van der Waals surface area contributed by atoms with Crippen molar-refractivity contribution in [3.8, 4) is 0 Å². The summed E-state index contributed by atoms with van der Waals surface area (Å²) in [6, 6.07) is 19.4. The van der Waals surface area contributed by atoms with Crippen molar-refractivity contribution in [3.05, 3.63) is 95.6 Å². The molecule has 6 heteroatoms. The average molecular weight is 416 g/mol. The maximum atomic E-state index is 13.2. The number of carbonyl (C=O) groups excluding carboxylic acids is 2. The molecule has 0 aliphatic rings. The van der Waals surface area contributed by atoms with Crippen molar-refractivity contribution in [3.63, 3.8) is 0 Å². The van der Waals surface area contributed by atoms with Gasteiger partial charge >= 0.3 is 0 Å². The fourth-order valence-electron chi connectivity index (χ4n) is 3.68. The van der Waals surface area contributed by atoms with E-state index in [2.05, 4.69) is 10.6 Å². The van der Waals surface area contributed by atoms with Gasteiger partial charge in [0.25, 0.3) is 5.91 Å². The van der Waals surface area contributed by atoms with Crippen LogP contribution >= 0.6 is 0 Å². The molecule has 2 amide bonds. The summed E-state index contributed by atoms with van der Waals surface area (Å²) in [6.45, 7) is 3.85. The number of benzene rings is 2. The smallest absolute Gasteiger partial charge is 0.287 e. The van der Waals surface area contributed by atoms with E-state index in [0.29, 0.717) is 12.2 Å². The third kappa shape index (κ3) is 4.53. The molecule has 0 bridgehead atoms. The highest BCUT2D eigenvalue weighted by Crippen LogP contribution is 2.29.